The molecule has 0 unspecified atom stereocenters. The summed E-state index contributed by atoms with van der Waals surface area (Å²) < 4.78 is 5.00. The van der Waals surface area contributed by atoms with Gasteiger partial charge in [0.2, 0.25) is 0 Å². The molecule has 1 rings (SSSR count). The molecule has 1 aromatic heterocycles. The van der Waals surface area contributed by atoms with Gasteiger partial charge in [0.05, 0.1) is 5.69 Å². The minimum atomic E-state index is 0.829. The van der Waals surface area contributed by atoms with E-state index in [0.717, 1.165) is 50.6 Å². The molecular formula is C14H25N3O. The van der Waals surface area contributed by atoms with Crippen molar-refractivity contribution in [3.63, 3.8) is 0 Å². The number of likely N-dealkylation sites (N-methyl/N-ethyl adjacent to an activating group) is 1. The second kappa shape index (κ2) is 9.03. The fourth-order valence-electron chi connectivity index (χ4n) is 1.78. The maximum atomic E-state index is 5.00. The number of hydrogen-bond donors (Lipinski definition) is 1. The highest BCUT2D eigenvalue weighted by Crippen LogP contribution is 2.01. The first-order valence-electron chi connectivity index (χ1n) is 6.53. The Kier molecular flexibility index (Phi) is 7.57. The fraction of sp³-hybridized carbons (Fsp3) is 0.643. The molecule has 0 fully saturated rings. The molecule has 0 aliphatic rings. The molecule has 1 heterocycles. The Morgan fingerprint density at radius 1 is 1.33 bits per heavy atom. The third-order valence-electron chi connectivity index (χ3n) is 2.75. The minimum absolute atomic E-state index is 0.829. The number of hydrogen-bond acceptors (Lipinski definition) is 4. The molecule has 1 N–H and O–H groups in total. The summed E-state index contributed by atoms with van der Waals surface area (Å²) in [4.78, 5) is 6.79. The molecule has 4 heteroatoms. The maximum Gasteiger partial charge on any atom is 0.0547 e. The smallest absolute Gasteiger partial charge is 0.0547 e. The van der Waals surface area contributed by atoms with Gasteiger partial charge in [-0.2, -0.15) is 0 Å². The molecule has 0 radical (unpaired) electrons. The molecule has 0 aliphatic heterocycles. The van der Waals surface area contributed by atoms with E-state index >= 15 is 0 Å². The summed E-state index contributed by atoms with van der Waals surface area (Å²) in [6.45, 7) is 6.82. The van der Waals surface area contributed by atoms with Gasteiger partial charge in [0.1, 0.15) is 0 Å². The van der Waals surface area contributed by atoms with E-state index in [4.69, 9.17) is 4.74 Å². The van der Waals surface area contributed by atoms with E-state index in [0.29, 0.717) is 0 Å². The third kappa shape index (κ3) is 6.69. The van der Waals surface area contributed by atoms with Crippen molar-refractivity contribution in [2.75, 3.05) is 40.4 Å². The quantitative estimate of drug-likeness (QED) is 0.674. The van der Waals surface area contributed by atoms with E-state index in [1.807, 2.05) is 13.0 Å². The molecule has 1 aromatic rings. The van der Waals surface area contributed by atoms with Gasteiger partial charge in [-0.05, 0) is 39.1 Å². The van der Waals surface area contributed by atoms with Crippen LogP contribution in [-0.4, -0.2) is 50.3 Å². The van der Waals surface area contributed by atoms with Gasteiger partial charge in [-0.15, -0.1) is 0 Å². The lowest BCUT2D eigenvalue weighted by Gasteiger charge is -2.16. The highest BCUT2D eigenvalue weighted by atomic mass is 16.5. The Morgan fingerprint density at radius 2 is 2.17 bits per heavy atom. The van der Waals surface area contributed by atoms with E-state index in [-0.39, 0.29) is 0 Å². The lowest BCUT2D eigenvalue weighted by atomic mass is 10.3. The largest absolute Gasteiger partial charge is 0.385 e. The van der Waals surface area contributed by atoms with Crippen molar-refractivity contribution in [1.29, 1.82) is 0 Å². The molecule has 4 nitrogen and oxygen atoms in total. The normalized spacial score (nSPS) is 11.1. The van der Waals surface area contributed by atoms with Crippen LogP contribution in [0, 0.1) is 6.92 Å². The van der Waals surface area contributed by atoms with Crippen LogP contribution in [0.1, 0.15) is 17.8 Å². The summed E-state index contributed by atoms with van der Waals surface area (Å²) in [5, 5.41) is 3.41. The van der Waals surface area contributed by atoms with Crippen LogP contribution in [0.3, 0.4) is 0 Å². The van der Waals surface area contributed by atoms with Gasteiger partial charge in [-0.25, -0.2) is 0 Å². The second-order valence-corrected chi connectivity index (χ2v) is 4.60. The van der Waals surface area contributed by atoms with Gasteiger partial charge < -0.3 is 10.1 Å². The van der Waals surface area contributed by atoms with E-state index in [1.54, 1.807) is 7.11 Å². The molecule has 0 aromatic carbocycles. The zero-order chi connectivity index (χ0) is 13.2. The van der Waals surface area contributed by atoms with Crippen LogP contribution in [0.2, 0.25) is 0 Å². The Bertz CT molecular complexity index is 331. The van der Waals surface area contributed by atoms with Crippen LogP contribution in [0.25, 0.3) is 0 Å². The van der Waals surface area contributed by atoms with E-state index in [2.05, 4.69) is 34.4 Å². The first kappa shape index (κ1) is 15.1. The van der Waals surface area contributed by atoms with Crippen LogP contribution in [-0.2, 0) is 11.3 Å². The first-order valence-corrected chi connectivity index (χ1v) is 6.53. The average Bonchev–Trinajstić information content (AvgIpc) is 2.33. The predicted molar refractivity (Wildman–Crippen MR) is 74.7 cm³/mol. The SMILES string of the molecule is COCCCNCCN(C)Cc1cccc(C)n1. The zero-order valence-electron chi connectivity index (χ0n) is 11.8. The zero-order valence-corrected chi connectivity index (χ0v) is 11.8. The first-order chi connectivity index (χ1) is 8.72. The molecule has 0 saturated carbocycles. The van der Waals surface area contributed by atoms with E-state index < -0.39 is 0 Å². The fourth-order valence-corrected chi connectivity index (χ4v) is 1.78. The number of nitrogens with one attached hydrogen (secondary N) is 1. The molecule has 0 saturated heterocycles. The Hall–Kier alpha value is -0.970. The molecule has 0 bridgehead atoms. The van der Waals surface area contributed by atoms with Crippen molar-refractivity contribution in [3.8, 4) is 0 Å². The molecule has 0 spiro atoms. The Labute approximate surface area is 110 Å². The Morgan fingerprint density at radius 3 is 2.89 bits per heavy atom. The number of ether oxygens (including phenoxy) is 1. The van der Waals surface area contributed by atoms with Gasteiger partial charge in [0.15, 0.2) is 0 Å². The van der Waals surface area contributed by atoms with Gasteiger partial charge in [-0.3, -0.25) is 9.88 Å². The van der Waals surface area contributed by atoms with Crippen molar-refractivity contribution in [2.24, 2.45) is 0 Å². The minimum Gasteiger partial charge on any atom is -0.385 e. The number of nitrogens with zero attached hydrogens (tertiary/aromatic N) is 2. The van der Waals surface area contributed by atoms with E-state index in [1.165, 1.54) is 0 Å². The Balaban J connectivity index is 2.12. The highest BCUT2D eigenvalue weighted by Gasteiger charge is 2.01. The van der Waals surface area contributed by atoms with Crippen molar-refractivity contribution < 1.29 is 4.74 Å². The van der Waals surface area contributed by atoms with Gasteiger partial charge in [-0.1, -0.05) is 6.07 Å². The summed E-state index contributed by atoms with van der Waals surface area (Å²) in [7, 11) is 3.86. The predicted octanol–water partition coefficient (Wildman–Crippen LogP) is 1.45. The van der Waals surface area contributed by atoms with Crippen molar-refractivity contribution in [2.45, 2.75) is 19.9 Å². The van der Waals surface area contributed by atoms with Crippen molar-refractivity contribution in [3.05, 3.63) is 29.6 Å². The molecule has 0 atom stereocenters. The monoisotopic (exact) mass is 251 g/mol. The topological polar surface area (TPSA) is 37.4 Å². The average molecular weight is 251 g/mol. The van der Waals surface area contributed by atoms with Crippen LogP contribution in [0.5, 0.6) is 0 Å². The summed E-state index contributed by atoms with van der Waals surface area (Å²) in [5.74, 6) is 0. The number of pyridine rings is 1. The second-order valence-electron chi connectivity index (χ2n) is 4.60. The maximum absolute atomic E-state index is 5.00. The van der Waals surface area contributed by atoms with Gasteiger partial charge >= 0.3 is 0 Å². The molecule has 18 heavy (non-hydrogen) atoms. The number of methoxy groups -OCH3 is 1. The molecular weight excluding hydrogens is 226 g/mol. The summed E-state index contributed by atoms with van der Waals surface area (Å²) in [5.41, 5.74) is 2.22. The summed E-state index contributed by atoms with van der Waals surface area (Å²) in [6.07, 6.45) is 1.07. The lowest BCUT2D eigenvalue weighted by Crippen LogP contribution is -2.30. The van der Waals surface area contributed by atoms with Gasteiger partial charge in [0.25, 0.3) is 0 Å². The summed E-state index contributed by atoms with van der Waals surface area (Å²) >= 11 is 0. The number of aryl methyl sites for hydroxylation is 1. The lowest BCUT2D eigenvalue weighted by molar-refractivity contribution is 0.194. The molecule has 0 amide bonds. The molecule has 0 aliphatic carbocycles. The number of aromatic nitrogens is 1. The highest BCUT2D eigenvalue weighted by molar-refractivity contribution is 5.09. The van der Waals surface area contributed by atoms with Crippen molar-refractivity contribution >= 4 is 0 Å². The van der Waals surface area contributed by atoms with Crippen molar-refractivity contribution in [1.82, 2.24) is 15.2 Å². The number of rotatable bonds is 9. The summed E-state index contributed by atoms with van der Waals surface area (Å²) in [6, 6.07) is 6.17. The van der Waals surface area contributed by atoms with Crippen LogP contribution in [0.4, 0.5) is 0 Å². The third-order valence-corrected chi connectivity index (χ3v) is 2.75. The van der Waals surface area contributed by atoms with Crippen LogP contribution in [0.15, 0.2) is 18.2 Å². The standard InChI is InChI=1S/C14H25N3O/c1-13-6-4-7-14(16-13)12-17(2)10-9-15-8-5-11-18-3/h4,6-7,15H,5,8-12H2,1-3H3. The van der Waals surface area contributed by atoms with Gasteiger partial charge in [0, 0.05) is 39.0 Å². The molecule has 102 valence electrons. The van der Waals surface area contributed by atoms with Crippen LogP contribution >= 0.6 is 0 Å². The van der Waals surface area contributed by atoms with Crippen LogP contribution < -0.4 is 5.32 Å². The van der Waals surface area contributed by atoms with E-state index in [9.17, 15) is 0 Å².